The average Bonchev–Trinajstić information content (AvgIpc) is 2.19. The molecule has 1 aromatic rings. The van der Waals surface area contributed by atoms with Crippen LogP contribution in [0.1, 0.15) is 44.6 Å². The molecule has 0 heterocycles. The third kappa shape index (κ3) is 4.72. The monoisotopic (exact) mass is 174 g/mol. The van der Waals surface area contributed by atoms with Gasteiger partial charge in [-0.2, -0.15) is 0 Å². The Kier molecular flexibility index (Phi) is 5.31. The van der Waals surface area contributed by atoms with Gasteiger partial charge in [0.05, 0.1) is 0 Å². The van der Waals surface area contributed by atoms with E-state index in [-0.39, 0.29) is 0 Å². The molecule has 0 spiro atoms. The van der Waals surface area contributed by atoms with Crippen molar-refractivity contribution in [2.24, 2.45) is 0 Å². The maximum Gasteiger partial charge on any atom is -0.00961 e. The fraction of sp³-hybridized carbons (Fsp3) is 0.538. The first-order valence-electron chi connectivity index (χ1n) is 5.30. The predicted octanol–water partition coefficient (Wildman–Crippen LogP) is 3.80. The van der Waals surface area contributed by atoms with Gasteiger partial charge in [0, 0.05) is 0 Å². The molecule has 0 amide bonds. The number of rotatable bonds is 6. The van der Waals surface area contributed by atoms with Crippen LogP contribution in [-0.2, 0) is 6.42 Å². The molecule has 0 aromatic heterocycles. The lowest BCUT2D eigenvalue weighted by atomic mass is 10.1. The van der Waals surface area contributed by atoms with Crippen molar-refractivity contribution in [2.75, 3.05) is 0 Å². The van der Waals surface area contributed by atoms with Crippen LogP contribution in [0, 0.1) is 12.1 Å². The SMILES string of the molecule is CCCCCCCc1c[c][c]cc1. The van der Waals surface area contributed by atoms with Gasteiger partial charge in [-0.1, -0.05) is 50.8 Å². The molecule has 0 saturated heterocycles. The molecule has 0 heteroatoms. The molecule has 0 saturated carbocycles. The Bertz CT molecular complexity index is 201. The molecule has 70 valence electrons. The second-order valence-electron chi connectivity index (χ2n) is 3.51. The van der Waals surface area contributed by atoms with Gasteiger partial charge in [0.15, 0.2) is 0 Å². The number of benzene rings is 1. The molecule has 0 aliphatic heterocycles. The van der Waals surface area contributed by atoms with Crippen LogP contribution in [0.25, 0.3) is 0 Å². The van der Waals surface area contributed by atoms with E-state index in [4.69, 9.17) is 0 Å². The Labute approximate surface area is 82.0 Å². The second-order valence-corrected chi connectivity index (χ2v) is 3.51. The van der Waals surface area contributed by atoms with Crippen molar-refractivity contribution in [1.82, 2.24) is 0 Å². The molecule has 0 bridgehead atoms. The Hall–Kier alpha value is -0.780. The zero-order chi connectivity index (χ0) is 9.36. The smallest absolute Gasteiger partial charge is 0.00961 e. The van der Waals surface area contributed by atoms with Gasteiger partial charge in [-0.25, -0.2) is 0 Å². The van der Waals surface area contributed by atoms with Crippen molar-refractivity contribution < 1.29 is 0 Å². The zero-order valence-corrected chi connectivity index (χ0v) is 8.47. The lowest BCUT2D eigenvalue weighted by Crippen LogP contribution is -1.85. The van der Waals surface area contributed by atoms with Crippen LogP contribution in [0.2, 0.25) is 0 Å². The highest BCUT2D eigenvalue weighted by atomic mass is 14.0. The molecular formula is C13H18. The number of hydrogen-bond donors (Lipinski definition) is 0. The van der Waals surface area contributed by atoms with E-state index in [9.17, 15) is 0 Å². The summed E-state index contributed by atoms with van der Waals surface area (Å²) < 4.78 is 0. The first-order valence-corrected chi connectivity index (χ1v) is 5.30. The maximum atomic E-state index is 2.99. The van der Waals surface area contributed by atoms with Crippen molar-refractivity contribution in [3.05, 3.63) is 35.9 Å². The van der Waals surface area contributed by atoms with Crippen molar-refractivity contribution >= 4 is 0 Å². The molecule has 0 aliphatic carbocycles. The van der Waals surface area contributed by atoms with E-state index in [1.54, 1.807) is 0 Å². The summed E-state index contributed by atoms with van der Waals surface area (Å²) in [5.41, 5.74) is 1.40. The van der Waals surface area contributed by atoms with Gasteiger partial charge in [0.1, 0.15) is 0 Å². The minimum Gasteiger partial charge on any atom is -0.0654 e. The molecule has 0 nitrogen and oxygen atoms in total. The van der Waals surface area contributed by atoms with Crippen LogP contribution in [-0.4, -0.2) is 0 Å². The molecule has 0 aliphatic rings. The van der Waals surface area contributed by atoms with E-state index in [0.717, 1.165) is 0 Å². The molecule has 0 unspecified atom stereocenters. The third-order valence-electron chi connectivity index (χ3n) is 2.29. The van der Waals surface area contributed by atoms with E-state index in [0.29, 0.717) is 0 Å². The first kappa shape index (κ1) is 10.3. The van der Waals surface area contributed by atoms with E-state index in [1.165, 1.54) is 44.1 Å². The standard InChI is InChI=1S/C13H18/c1-2-3-4-5-7-10-13-11-8-6-9-12-13/h8,11-12H,2-5,7,10H2,1H3. The van der Waals surface area contributed by atoms with Crippen LogP contribution < -0.4 is 0 Å². The van der Waals surface area contributed by atoms with E-state index < -0.39 is 0 Å². The topological polar surface area (TPSA) is 0 Å². The Morgan fingerprint density at radius 3 is 2.62 bits per heavy atom. The van der Waals surface area contributed by atoms with Gasteiger partial charge >= 0.3 is 0 Å². The van der Waals surface area contributed by atoms with E-state index in [2.05, 4.69) is 25.1 Å². The summed E-state index contributed by atoms with van der Waals surface area (Å²) in [6, 6.07) is 12.0. The van der Waals surface area contributed by atoms with Crippen LogP contribution in [0.4, 0.5) is 0 Å². The van der Waals surface area contributed by atoms with Gasteiger partial charge < -0.3 is 0 Å². The van der Waals surface area contributed by atoms with Crippen molar-refractivity contribution in [3.8, 4) is 0 Å². The summed E-state index contributed by atoms with van der Waals surface area (Å²) in [5.74, 6) is 0. The number of hydrogen-bond acceptors (Lipinski definition) is 0. The Balaban J connectivity index is 2.07. The number of unbranched alkanes of at least 4 members (excludes halogenated alkanes) is 4. The molecule has 0 atom stereocenters. The van der Waals surface area contributed by atoms with Gasteiger partial charge in [-0.15, -0.1) is 0 Å². The highest BCUT2D eigenvalue weighted by Gasteiger charge is 1.91. The van der Waals surface area contributed by atoms with Gasteiger partial charge in [0.25, 0.3) is 0 Å². The highest BCUT2D eigenvalue weighted by molar-refractivity contribution is 5.12. The van der Waals surface area contributed by atoms with Gasteiger partial charge in [-0.05, 0) is 30.5 Å². The second kappa shape index (κ2) is 6.71. The molecule has 0 N–H and O–H groups in total. The first-order chi connectivity index (χ1) is 6.43. The lowest BCUT2D eigenvalue weighted by molar-refractivity contribution is 0.632. The van der Waals surface area contributed by atoms with Crippen LogP contribution in [0.5, 0.6) is 0 Å². The van der Waals surface area contributed by atoms with Crippen LogP contribution >= 0.6 is 0 Å². The quantitative estimate of drug-likeness (QED) is 0.575. The Morgan fingerprint density at radius 2 is 1.92 bits per heavy atom. The lowest BCUT2D eigenvalue weighted by Gasteiger charge is -2.00. The average molecular weight is 174 g/mol. The largest absolute Gasteiger partial charge is 0.0654 e. The molecule has 0 fully saturated rings. The highest BCUT2D eigenvalue weighted by Crippen LogP contribution is 2.07. The van der Waals surface area contributed by atoms with E-state index >= 15 is 0 Å². The molecular weight excluding hydrogens is 156 g/mol. The summed E-state index contributed by atoms with van der Waals surface area (Å²) in [5, 5.41) is 0. The summed E-state index contributed by atoms with van der Waals surface area (Å²) in [7, 11) is 0. The van der Waals surface area contributed by atoms with Crippen molar-refractivity contribution in [2.45, 2.75) is 45.4 Å². The molecule has 13 heavy (non-hydrogen) atoms. The minimum absolute atomic E-state index is 1.20. The van der Waals surface area contributed by atoms with Crippen LogP contribution in [0.15, 0.2) is 18.2 Å². The molecule has 1 rings (SSSR count). The fourth-order valence-corrected chi connectivity index (χ4v) is 1.47. The summed E-state index contributed by atoms with van der Waals surface area (Å²) >= 11 is 0. The summed E-state index contributed by atoms with van der Waals surface area (Å²) in [4.78, 5) is 0. The maximum absolute atomic E-state index is 2.99. The van der Waals surface area contributed by atoms with Crippen molar-refractivity contribution in [3.63, 3.8) is 0 Å². The van der Waals surface area contributed by atoms with E-state index in [1.807, 2.05) is 12.1 Å². The predicted molar refractivity (Wildman–Crippen MR) is 56.6 cm³/mol. The van der Waals surface area contributed by atoms with Gasteiger partial charge in [-0.3, -0.25) is 0 Å². The molecule has 1 aromatic carbocycles. The molecule has 2 radical (unpaired) electrons. The zero-order valence-electron chi connectivity index (χ0n) is 8.47. The third-order valence-corrected chi connectivity index (χ3v) is 2.29. The normalized spacial score (nSPS) is 10.2. The van der Waals surface area contributed by atoms with Crippen LogP contribution in [0.3, 0.4) is 0 Å². The minimum atomic E-state index is 1.20. The summed E-state index contributed by atoms with van der Waals surface area (Å²) in [6.07, 6.45) is 7.99. The fourth-order valence-electron chi connectivity index (χ4n) is 1.47. The Morgan fingerprint density at radius 1 is 1.08 bits per heavy atom. The number of aryl methyl sites for hydroxylation is 1. The van der Waals surface area contributed by atoms with Crippen molar-refractivity contribution in [1.29, 1.82) is 0 Å². The summed E-state index contributed by atoms with van der Waals surface area (Å²) in [6.45, 7) is 2.25. The van der Waals surface area contributed by atoms with Gasteiger partial charge in [0.2, 0.25) is 0 Å².